The molecule has 5 rings (SSSR count). The fraction of sp³-hybridized carbons (Fsp3) is 0.160. The van der Waals surface area contributed by atoms with Crippen molar-refractivity contribution in [3.63, 3.8) is 0 Å². The lowest BCUT2D eigenvalue weighted by Crippen LogP contribution is -2.31. The van der Waals surface area contributed by atoms with Gasteiger partial charge < -0.3 is 10.2 Å². The van der Waals surface area contributed by atoms with Crippen LogP contribution in [0.5, 0.6) is 0 Å². The molecule has 1 fully saturated rings. The lowest BCUT2D eigenvalue weighted by molar-refractivity contribution is 0.0730. The number of benzene rings is 1. The number of pyridine rings is 2. The maximum atomic E-state index is 13.2. The molecule has 1 N–H and O–H groups in total. The number of likely N-dealkylation sites (tertiary alicyclic amines) is 1. The lowest BCUT2D eigenvalue weighted by Gasteiger charge is -2.24. The third-order valence-corrected chi connectivity index (χ3v) is 5.49. The van der Waals surface area contributed by atoms with E-state index in [0.717, 1.165) is 29.8 Å². The van der Waals surface area contributed by atoms with Crippen molar-refractivity contribution in [1.29, 1.82) is 0 Å². The van der Waals surface area contributed by atoms with Gasteiger partial charge in [-0.15, -0.1) is 0 Å². The van der Waals surface area contributed by atoms with Gasteiger partial charge in [-0.05, 0) is 49.2 Å². The number of carbonyl (C=O) groups excluding carboxylic acids is 1. The van der Waals surface area contributed by atoms with E-state index < -0.39 is 0 Å². The van der Waals surface area contributed by atoms with E-state index >= 15 is 0 Å². The van der Waals surface area contributed by atoms with Crippen molar-refractivity contribution < 1.29 is 4.79 Å². The van der Waals surface area contributed by atoms with Crippen molar-refractivity contribution in [1.82, 2.24) is 24.8 Å². The normalized spacial score (nSPS) is 15.5. The molecule has 3 aromatic heterocycles. The molecule has 158 valence electrons. The third kappa shape index (κ3) is 4.18. The molecule has 0 radical (unpaired) electrons. The molecular formula is C25H22N6O. The fourth-order valence-corrected chi connectivity index (χ4v) is 3.95. The van der Waals surface area contributed by atoms with Gasteiger partial charge in [0.05, 0.1) is 11.7 Å². The number of nitrogens with zero attached hydrogens (tertiary/aromatic N) is 5. The summed E-state index contributed by atoms with van der Waals surface area (Å²) >= 11 is 0. The van der Waals surface area contributed by atoms with E-state index in [0.29, 0.717) is 23.8 Å². The number of rotatable bonds is 5. The van der Waals surface area contributed by atoms with Crippen molar-refractivity contribution in [2.24, 2.45) is 0 Å². The van der Waals surface area contributed by atoms with Crippen molar-refractivity contribution in [3.8, 4) is 11.3 Å². The summed E-state index contributed by atoms with van der Waals surface area (Å²) in [6, 6.07) is 19.0. The molecule has 1 aliphatic rings. The van der Waals surface area contributed by atoms with E-state index in [1.807, 2.05) is 53.4 Å². The first-order chi connectivity index (χ1) is 15.8. The summed E-state index contributed by atoms with van der Waals surface area (Å²) in [7, 11) is 0. The van der Waals surface area contributed by atoms with Gasteiger partial charge in [-0.1, -0.05) is 18.2 Å². The number of aromatic nitrogens is 4. The second kappa shape index (κ2) is 8.93. The van der Waals surface area contributed by atoms with Crippen molar-refractivity contribution in [2.45, 2.75) is 18.9 Å². The molecule has 1 atom stereocenters. The van der Waals surface area contributed by atoms with Crippen LogP contribution >= 0.6 is 0 Å². The van der Waals surface area contributed by atoms with Crippen LogP contribution in [0, 0.1) is 0 Å². The highest BCUT2D eigenvalue weighted by atomic mass is 16.2. The van der Waals surface area contributed by atoms with Crippen LogP contribution in [0.25, 0.3) is 11.3 Å². The molecule has 1 amide bonds. The van der Waals surface area contributed by atoms with E-state index in [9.17, 15) is 4.79 Å². The average molecular weight is 422 g/mol. The van der Waals surface area contributed by atoms with Crippen LogP contribution in [0.2, 0.25) is 0 Å². The molecular weight excluding hydrogens is 400 g/mol. The molecule has 7 nitrogen and oxygen atoms in total. The van der Waals surface area contributed by atoms with E-state index in [4.69, 9.17) is 9.97 Å². The maximum Gasteiger partial charge on any atom is 0.254 e. The number of anilines is 2. The van der Waals surface area contributed by atoms with Gasteiger partial charge in [0.1, 0.15) is 5.82 Å². The summed E-state index contributed by atoms with van der Waals surface area (Å²) < 4.78 is 0. The molecule has 4 heterocycles. The Morgan fingerprint density at radius 1 is 0.938 bits per heavy atom. The first-order valence-electron chi connectivity index (χ1n) is 10.6. The van der Waals surface area contributed by atoms with Gasteiger partial charge in [0, 0.05) is 54.2 Å². The zero-order valence-electron chi connectivity index (χ0n) is 17.4. The Morgan fingerprint density at radius 3 is 2.56 bits per heavy atom. The molecule has 1 saturated heterocycles. The standard InChI is InChI=1S/C25H22N6O/c32-25(18-10-13-26-14-11-18)31-15-5-9-22(31)24-29-21(19-6-4-12-27-17-19)16-23(30-24)28-20-7-2-1-3-8-20/h1-4,6-8,10-14,16-17,22H,5,9,15H2,(H,28,29,30)/t22-/m1/s1. The van der Waals surface area contributed by atoms with Crippen LogP contribution in [0.1, 0.15) is 35.1 Å². The summed E-state index contributed by atoms with van der Waals surface area (Å²) in [5.74, 6) is 1.29. The molecule has 0 spiro atoms. The van der Waals surface area contributed by atoms with Gasteiger partial charge in [0.15, 0.2) is 5.82 Å². The summed E-state index contributed by atoms with van der Waals surface area (Å²) in [6.07, 6.45) is 8.52. The molecule has 0 aliphatic carbocycles. The monoisotopic (exact) mass is 422 g/mol. The van der Waals surface area contributed by atoms with Gasteiger partial charge in [-0.3, -0.25) is 14.8 Å². The Morgan fingerprint density at radius 2 is 1.78 bits per heavy atom. The van der Waals surface area contributed by atoms with Crippen LogP contribution in [0.4, 0.5) is 11.5 Å². The Kier molecular flexibility index (Phi) is 5.53. The molecule has 0 bridgehead atoms. The Balaban J connectivity index is 1.53. The van der Waals surface area contributed by atoms with E-state index in [2.05, 4.69) is 15.3 Å². The predicted molar refractivity (Wildman–Crippen MR) is 122 cm³/mol. The van der Waals surface area contributed by atoms with Crippen molar-refractivity contribution >= 4 is 17.4 Å². The van der Waals surface area contributed by atoms with Gasteiger partial charge in [-0.25, -0.2) is 9.97 Å². The molecule has 7 heteroatoms. The number of para-hydroxylation sites is 1. The van der Waals surface area contributed by atoms with Crippen LogP contribution < -0.4 is 5.32 Å². The van der Waals surface area contributed by atoms with Crippen LogP contribution in [-0.4, -0.2) is 37.3 Å². The molecule has 4 aromatic rings. The Bertz CT molecular complexity index is 1200. The molecule has 0 unspecified atom stereocenters. The number of amides is 1. The average Bonchev–Trinajstić information content (AvgIpc) is 3.35. The minimum atomic E-state index is -0.191. The third-order valence-electron chi connectivity index (χ3n) is 5.49. The van der Waals surface area contributed by atoms with Crippen molar-refractivity contribution in [3.05, 3.63) is 96.8 Å². The topological polar surface area (TPSA) is 83.9 Å². The van der Waals surface area contributed by atoms with Gasteiger partial charge in [0.2, 0.25) is 0 Å². The summed E-state index contributed by atoms with van der Waals surface area (Å²) in [6.45, 7) is 0.674. The van der Waals surface area contributed by atoms with Crippen LogP contribution in [0.15, 0.2) is 85.5 Å². The SMILES string of the molecule is O=C(c1ccncc1)N1CCC[C@@H]1c1nc(Nc2ccccc2)cc(-c2cccnc2)n1. The lowest BCUT2D eigenvalue weighted by atomic mass is 10.1. The quantitative estimate of drug-likeness (QED) is 0.504. The predicted octanol–water partition coefficient (Wildman–Crippen LogP) is 4.65. The highest BCUT2D eigenvalue weighted by Gasteiger charge is 2.33. The highest BCUT2D eigenvalue weighted by molar-refractivity contribution is 5.94. The number of hydrogen-bond donors (Lipinski definition) is 1. The number of hydrogen-bond acceptors (Lipinski definition) is 6. The summed E-state index contributed by atoms with van der Waals surface area (Å²) in [5.41, 5.74) is 3.23. The fourth-order valence-electron chi connectivity index (χ4n) is 3.95. The first-order valence-corrected chi connectivity index (χ1v) is 10.6. The Labute approximate surface area is 186 Å². The second-order valence-corrected chi connectivity index (χ2v) is 7.62. The van der Waals surface area contributed by atoms with Gasteiger partial charge in [0.25, 0.3) is 5.91 Å². The van der Waals surface area contributed by atoms with E-state index in [1.165, 1.54) is 0 Å². The van der Waals surface area contributed by atoms with Gasteiger partial charge >= 0.3 is 0 Å². The first kappa shape index (κ1) is 19.8. The molecule has 0 saturated carbocycles. The minimum Gasteiger partial charge on any atom is -0.340 e. The zero-order chi connectivity index (χ0) is 21.8. The smallest absolute Gasteiger partial charge is 0.254 e. The maximum absolute atomic E-state index is 13.2. The summed E-state index contributed by atoms with van der Waals surface area (Å²) in [5, 5.41) is 3.37. The second-order valence-electron chi connectivity index (χ2n) is 7.62. The number of carbonyl (C=O) groups is 1. The molecule has 32 heavy (non-hydrogen) atoms. The van der Waals surface area contributed by atoms with Crippen LogP contribution in [-0.2, 0) is 0 Å². The van der Waals surface area contributed by atoms with E-state index in [-0.39, 0.29) is 11.9 Å². The van der Waals surface area contributed by atoms with Gasteiger partial charge in [-0.2, -0.15) is 0 Å². The largest absolute Gasteiger partial charge is 0.340 e. The zero-order valence-corrected chi connectivity index (χ0v) is 17.4. The number of nitrogens with one attached hydrogen (secondary N) is 1. The minimum absolute atomic E-state index is 0.0251. The molecule has 1 aliphatic heterocycles. The highest BCUT2D eigenvalue weighted by Crippen LogP contribution is 2.33. The van der Waals surface area contributed by atoms with Crippen molar-refractivity contribution in [2.75, 3.05) is 11.9 Å². The van der Waals surface area contributed by atoms with E-state index in [1.54, 1.807) is 36.9 Å². The van der Waals surface area contributed by atoms with Crippen LogP contribution in [0.3, 0.4) is 0 Å². The molecule has 1 aromatic carbocycles. The Hall–Kier alpha value is -4.13. The summed E-state index contributed by atoms with van der Waals surface area (Å²) in [4.78, 5) is 33.0.